The van der Waals surface area contributed by atoms with Gasteiger partial charge < -0.3 is 4.74 Å². The van der Waals surface area contributed by atoms with Crippen molar-refractivity contribution in [2.45, 2.75) is 33.3 Å². The maximum absolute atomic E-state index is 6.03. The monoisotopic (exact) mass is 198 g/mol. The minimum absolute atomic E-state index is 0.198. The Morgan fingerprint density at radius 3 is 2.54 bits per heavy atom. The van der Waals surface area contributed by atoms with E-state index in [1.165, 1.54) is 0 Å². The smallest absolute Gasteiger partial charge is 0.121 e. The maximum atomic E-state index is 6.03. The molecule has 0 aliphatic rings. The second kappa shape index (κ2) is 4.52. The van der Waals surface area contributed by atoms with Crippen molar-refractivity contribution in [3.8, 4) is 5.75 Å². The minimum atomic E-state index is 0.198. The highest BCUT2D eigenvalue weighted by molar-refractivity contribution is 6.31. The minimum Gasteiger partial charge on any atom is -0.491 e. The number of rotatable bonds is 3. The van der Waals surface area contributed by atoms with Crippen molar-refractivity contribution < 1.29 is 4.74 Å². The highest BCUT2D eigenvalue weighted by Crippen LogP contribution is 2.23. The highest BCUT2D eigenvalue weighted by atomic mass is 35.5. The Hall–Kier alpha value is -0.690. The molecule has 0 atom stereocenters. The Kier molecular flexibility index (Phi) is 3.61. The van der Waals surface area contributed by atoms with Crippen LogP contribution in [-0.4, -0.2) is 6.10 Å². The molecule has 1 nitrogen and oxygen atoms in total. The molecule has 0 radical (unpaired) electrons. The van der Waals surface area contributed by atoms with Crippen LogP contribution in [-0.2, 0) is 6.42 Å². The third kappa shape index (κ3) is 2.92. The molecule has 0 heterocycles. The zero-order valence-corrected chi connectivity index (χ0v) is 9.06. The molecular formula is C11H15ClO. The van der Waals surface area contributed by atoms with Crippen LogP contribution in [0.4, 0.5) is 0 Å². The number of halogens is 1. The summed E-state index contributed by atoms with van der Waals surface area (Å²) in [6.07, 6.45) is 1.16. The predicted molar refractivity (Wildman–Crippen MR) is 56.6 cm³/mol. The second-order valence-corrected chi connectivity index (χ2v) is 3.68. The second-order valence-electron chi connectivity index (χ2n) is 3.27. The molecule has 0 saturated heterocycles. The zero-order valence-electron chi connectivity index (χ0n) is 8.30. The van der Waals surface area contributed by atoms with E-state index in [4.69, 9.17) is 16.3 Å². The van der Waals surface area contributed by atoms with Gasteiger partial charge in [0.05, 0.1) is 6.10 Å². The fourth-order valence-corrected chi connectivity index (χ4v) is 1.46. The van der Waals surface area contributed by atoms with Crippen LogP contribution in [0.5, 0.6) is 5.75 Å². The lowest BCUT2D eigenvalue weighted by molar-refractivity contribution is 0.242. The van der Waals surface area contributed by atoms with Crippen LogP contribution in [0.15, 0.2) is 18.2 Å². The zero-order chi connectivity index (χ0) is 9.84. The molecule has 0 spiro atoms. The van der Waals surface area contributed by atoms with Gasteiger partial charge in [0.25, 0.3) is 0 Å². The third-order valence-electron chi connectivity index (χ3n) is 1.78. The van der Waals surface area contributed by atoms with Crippen molar-refractivity contribution >= 4 is 11.6 Å². The number of hydrogen-bond donors (Lipinski definition) is 0. The van der Waals surface area contributed by atoms with E-state index < -0.39 is 0 Å². The molecule has 0 fully saturated rings. The summed E-state index contributed by atoms with van der Waals surface area (Å²) in [5.74, 6) is 0.845. The summed E-state index contributed by atoms with van der Waals surface area (Å²) < 4.78 is 5.51. The van der Waals surface area contributed by atoms with Crippen LogP contribution < -0.4 is 4.74 Å². The average Bonchev–Trinajstić information content (AvgIpc) is 2.03. The molecule has 0 aliphatic carbocycles. The highest BCUT2D eigenvalue weighted by Gasteiger charge is 2.01. The maximum Gasteiger partial charge on any atom is 0.121 e. The average molecular weight is 199 g/mol. The molecule has 0 saturated carbocycles. The molecule has 0 unspecified atom stereocenters. The summed E-state index contributed by atoms with van der Waals surface area (Å²) in [6.45, 7) is 6.09. The SMILES string of the molecule is CCc1ccc(OC(C)C)cc1Cl. The first-order chi connectivity index (χ1) is 6.13. The van der Waals surface area contributed by atoms with Crippen LogP contribution in [0.3, 0.4) is 0 Å². The van der Waals surface area contributed by atoms with E-state index in [1.54, 1.807) is 0 Å². The Balaban J connectivity index is 2.83. The molecule has 1 aromatic carbocycles. The molecule has 1 aromatic rings. The van der Waals surface area contributed by atoms with E-state index in [9.17, 15) is 0 Å². The molecule has 0 amide bonds. The fraction of sp³-hybridized carbons (Fsp3) is 0.455. The van der Waals surface area contributed by atoms with Gasteiger partial charge in [0.15, 0.2) is 0 Å². The van der Waals surface area contributed by atoms with E-state index in [2.05, 4.69) is 6.92 Å². The molecule has 0 aromatic heterocycles. The van der Waals surface area contributed by atoms with Gasteiger partial charge in [-0.1, -0.05) is 24.6 Å². The van der Waals surface area contributed by atoms with Crippen molar-refractivity contribution in [1.29, 1.82) is 0 Å². The Morgan fingerprint density at radius 2 is 2.08 bits per heavy atom. The van der Waals surface area contributed by atoms with Gasteiger partial charge >= 0.3 is 0 Å². The third-order valence-corrected chi connectivity index (χ3v) is 2.13. The first-order valence-electron chi connectivity index (χ1n) is 4.58. The van der Waals surface area contributed by atoms with Gasteiger partial charge in [0, 0.05) is 5.02 Å². The quantitative estimate of drug-likeness (QED) is 0.720. The molecule has 72 valence electrons. The van der Waals surface area contributed by atoms with Gasteiger partial charge in [-0.3, -0.25) is 0 Å². The standard InChI is InChI=1S/C11H15ClO/c1-4-9-5-6-10(7-11(9)12)13-8(2)3/h5-8H,4H2,1-3H3. The van der Waals surface area contributed by atoms with E-state index in [0.29, 0.717) is 0 Å². The van der Waals surface area contributed by atoms with E-state index in [0.717, 1.165) is 22.8 Å². The molecule has 13 heavy (non-hydrogen) atoms. The van der Waals surface area contributed by atoms with E-state index in [-0.39, 0.29) is 6.10 Å². The van der Waals surface area contributed by atoms with Crippen LogP contribution in [0, 0.1) is 0 Å². The Morgan fingerprint density at radius 1 is 1.38 bits per heavy atom. The van der Waals surface area contributed by atoms with Crippen molar-refractivity contribution in [2.75, 3.05) is 0 Å². The van der Waals surface area contributed by atoms with Crippen LogP contribution >= 0.6 is 11.6 Å². The van der Waals surface area contributed by atoms with E-state index in [1.807, 2.05) is 32.0 Å². The van der Waals surface area contributed by atoms with E-state index >= 15 is 0 Å². The normalized spacial score (nSPS) is 10.5. The molecule has 2 heteroatoms. The summed E-state index contributed by atoms with van der Waals surface area (Å²) in [7, 11) is 0. The predicted octanol–water partition coefficient (Wildman–Crippen LogP) is 3.69. The lowest BCUT2D eigenvalue weighted by Crippen LogP contribution is -2.05. The Labute approximate surface area is 84.7 Å². The number of hydrogen-bond acceptors (Lipinski definition) is 1. The number of benzene rings is 1. The number of aryl methyl sites for hydroxylation is 1. The Bertz CT molecular complexity index is 281. The van der Waals surface area contributed by atoms with Crippen LogP contribution in [0.1, 0.15) is 26.3 Å². The van der Waals surface area contributed by atoms with Crippen LogP contribution in [0.25, 0.3) is 0 Å². The summed E-state index contributed by atoms with van der Waals surface area (Å²) in [4.78, 5) is 0. The lowest BCUT2D eigenvalue weighted by Gasteiger charge is -2.10. The summed E-state index contributed by atoms with van der Waals surface area (Å²) in [5, 5.41) is 0.792. The molecule has 0 N–H and O–H groups in total. The van der Waals surface area contributed by atoms with Crippen LogP contribution in [0.2, 0.25) is 5.02 Å². The first kappa shape index (κ1) is 10.4. The topological polar surface area (TPSA) is 9.23 Å². The summed E-state index contributed by atoms with van der Waals surface area (Å²) in [6, 6.07) is 5.85. The van der Waals surface area contributed by atoms with Crippen molar-refractivity contribution in [2.24, 2.45) is 0 Å². The van der Waals surface area contributed by atoms with Gasteiger partial charge in [-0.2, -0.15) is 0 Å². The van der Waals surface area contributed by atoms with Gasteiger partial charge in [0.2, 0.25) is 0 Å². The summed E-state index contributed by atoms with van der Waals surface area (Å²) in [5.41, 5.74) is 1.16. The molecule has 0 bridgehead atoms. The fourth-order valence-electron chi connectivity index (χ4n) is 1.16. The van der Waals surface area contributed by atoms with Crippen molar-refractivity contribution in [3.63, 3.8) is 0 Å². The van der Waals surface area contributed by atoms with Gasteiger partial charge in [0.1, 0.15) is 5.75 Å². The van der Waals surface area contributed by atoms with Gasteiger partial charge in [-0.25, -0.2) is 0 Å². The first-order valence-corrected chi connectivity index (χ1v) is 4.96. The molecule has 1 rings (SSSR count). The number of ether oxygens (including phenoxy) is 1. The molecule has 0 aliphatic heterocycles. The van der Waals surface area contributed by atoms with Crippen molar-refractivity contribution in [1.82, 2.24) is 0 Å². The molecular weight excluding hydrogens is 184 g/mol. The summed E-state index contributed by atoms with van der Waals surface area (Å²) >= 11 is 6.03. The largest absolute Gasteiger partial charge is 0.491 e. The lowest BCUT2D eigenvalue weighted by atomic mass is 10.2. The van der Waals surface area contributed by atoms with Crippen molar-refractivity contribution in [3.05, 3.63) is 28.8 Å². The van der Waals surface area contributed by atoms with Gasteiger partial charge in [-0.15, -0.1) is 0 Å². The van der Waals surface area contributed by atoms with Gasteiger partial charge in [-0.05, 0) is 38.0 Å².